The van der Waals surface area contributed by atoms with Crippen molar-refractivity contribution in [1.29, 1.82) is 0 Å². The zero-order valence-corrected chi connectivity index (χ0v) is 51.1. The number of ketones is 1. The second kappa shape index (κ2) is 28.7. The van der Waals surface area contributed by atoms with Gasteiger partial charge in [0.05, 0.1) is 18.6 Å². The molecule has 12 atom stereocenters. The summed E-state index contributed by atoms with van der Waals surface area (Å²) >= 11 is 0. The van der Waals surface area contributed by atoms with Crippen LogP contribution in [0.3, 0.4) is 0 Å². The van der Waals surface area contributed by atoms with Crippen LogP contribution in [0, 0.1) is 0 Å². The van der Waals surface area contributed by atoms with Gasteiger partial charge in [0.25, 0.3) is 0 Å². The van der Waals surface area contributed by atoms with E-state index in [0.29, 0.717) is 19.3 Å². The van der Waals surface area contributed by atoms with Gasteiger partial charge in [-0.1, -0.05) is 131 Å². The molecular weight excluding hydrogens is 1040 g/mol. The minimum atomic E-state index is -2.96. The Kier molecular flexibility index (Phi) is 23.6. The predicted octanol–water partition coefficient (Wildman–Crippen LogP) is 10.3. The molecule has 5 rings (SSSR count). The number of Topliss-reactive ketones (excluding diaryl/α,β-unsaturated/α-hetero) is 1. The van der Waals surface area contributed by atoms with Crippen LogP contribution < -0.4 is 5.19 Å². The lowest BCUT2D eigenvalue weighted by Gasteiger charge is -2.50. The van der Waals surface area contributed by atoms with Crippen LogP contribution in [0.2, 0.25) is 31.2 Å². The third-order valence-corrected chi connectivity index (χ3v) is 23.1. The van der Waals surface area contributed by atoms with E-state index in [1.807, 2.05) is 80.7 Å². The lowest BCUT2D eigenvalue weighted by atomic mass is 9.96. The second-order valence-electron chi connectivity index (χ2n) is 23.1. The highest BCUT2D eigenvalue weighted by atomic mass is 28.4. The van der Waals surface area contributed by atoms with Crippen LogP contribution in [-0.2, 0) is 75.8 Å². The first-order chi connectivity index (χ1) is 37.2. The topological polar surface area (TPSA) is 187 Å². The van der Waals surface area contributed by atoms with Crippen LogP contribution in [-0.4, -0.2) is 132 Å². The van der Waals surface area contributed by atoms with Crippen LogP contribution in [0.15, 0.2) is 104 Å². The monoisotopic (exact) mass is 1130 g/mol. The van der Waals surface area contributed by atoms with Crippen LogP contribution in [0.5, 0.6) is 0 Å². The number of carbonyl (C=O) groups excluding carboxylic acids is 5. The van der Waals surface area contributed by atoms with Crippen molar-refractivity contribution >= 4 is 56.4 Å². The predicted molar refractivity (Wildman–Crippen MR) is 306 cm³/mol. The largest absolute Gasteiger partial charge is 0.463 e. The normalized spacial score (nSPS) is 26.2. The van der Waals surface area contributed by atoms with Crippen molar-refractivity contribution < 1.29 is 75.8 Å². The maximum Gasteiger partial charge on any atom is 0.333 e. The summed E-state index contributed by atoms with van der Waals surface area (Å²) in [5.74, 6) is -4.51. The average molecular weight is 1130 g/mol. The standard InChI is InChI=1S/C61H88O16Si2/c1-17-21-34-46(69-41(7)62)45(63)35-36-49(64)67-38-47-52(72-50(65)37-48(42-30-24-22-25-31-42)78(13,14)44-32-26-23-27-33-44)53(73-57(66)39(5)20-4)56(77-79(15,16)60(8,9)10)59(71-47)74-55-54-51(75-61(11,12)76-54)40(6)68-58(55)70-43(28-18-2)29-19-3/h17-18,20,22-27,30-33,37,40,43,46-47,51-56,58-59H,1-2,19,21,28-29,34-36,38H2,3-16H3/b39-20+,48-37-/t40-,43-,46+,47-,51+,52-,53+,54+,55-,56-,58+,59+/m1/s1. The fraction of sp³-hybridized carbons (Fsp3) is 0.590. The molecule has 436 valence electrons. The maximum absolute atomic E-state index is 15.1. The van der Waals surface area contributed by atoms with Crippen molar-refractivity contribution in [3.05, 3.63) is 109 Å². The molecule has 18 heteroatoms. The fourth-order valence-electron chi connectivity index (χ4n) is 9.60. The van der Waals surface area contributed by atoms with Crippen LogP contribution in [0.25, 0.3) is 5.20 Å². The highest BCUT2D eigenvalue weighted by molar-refractivity contribution is 7.04. The number of rotatable bonds is 27. The van der Waals surface area contributed by atoms with Gasteiger partial charge in [0.15, 0.2) is 50.8 Å². The minimum absolute atomic E-state index is 0.193. The first kappa shape index (κ1) is 64.9. The smallest absolute Gasteiger partial charge is 0.333 e. The molecule has 0 saturated carbocycles. The molecule has 2 aromatic rings. The van der Waals surface area contributed by atoms with Crippen molar-refractivity contribution in [2.24, 2.45) is 0 Å². The van der Waals surface area contributed by atoms with Crippen LogP contribution in [0.1, 0.15) is 120 Å². The fourth-order valence-corrected chi connectivity index (χ4v) is 13.6. The van der Waals surface area contributed by atoms with Gasteiger partial charge in [0, 0.05) is 25.0 Å². The molecule has 16 nitrogen and oxygen atoms in total. The Hall–Kier alpha value is -4.90. The Labute approximate surface area is 471 Å². The number of esters is 4. The van der Waals surface area contributed by atoms with E-state index in [-0.39, 0.29) is 24.5 Å². The molecule has 0 N–H and O–H groups in total. The maximum atomic E-state index is 15.1. The molecule has 3 aliphatic rings. The molecule has 3 aliphatic heterocycles. The number of benzene rings is 2. The van der Waals surface area contributed by atoms with Gasteiger partial charge in [-0.3, -0.25) is 14.4 Å². The van der Waals surface area contributed by atoms with Gasteiger partial charge < -0.3 is 51.8 Å². The summed E-state index contributed by atoms with van der Waals surface area (Å²) in [6, 6.07) is 19.5. The first-order valence-corrected chi connectivity index (χ1v) is 33.7. The van der Waals surface area contributed by atoms with E-state index in [0.717, 1.165) is 22.4 Å². The van der Waals surface area contributed by atoms with Gasteiger partial charge in [-0.2, -0.15) is 0 Å². The molecule has 0 unspecified atom stereocenters. The Bertz CT molecular complexity index is 2450. The Morgan fingerprint density at radius 2 is 1.44 bits per heavy atom. The number of ether oxygens (including phenoxy) is 10. The SMILES string of the molecule is C=CCC[C@H](OC(C)=O)C(=O)CCC(=O)OC[C@H]1O[C@@H](O[C@H]2[C@H](O[C@H](CC=C)CCC)O[C@H](C)[C@@H]3OC(C)(C)O[C@@H]32)[C@H](O[Si](C)(C)C(C)(C)C)[C@@H](OC(=O)/C(C)=C/C)[C@@H]1OC(=O)/C=C(/c1ccccc1)[Si](C)(C)c1ccccc1. The number of carbonyl (C=O) groups is 5. The lowest BCUT2D eigenvalue weighted by molar-refractivity contribution is -0.360. The zero-order valence-electron chi connectivity index (χ0n) is 49.1. The van der Waals surface area contributed by atoms with Crippen molar-refractivity contribution in [1.82, 2.24) is 0 Å². The first-order valence-electron chi connectivity index (χ1n) is 27.8. The second-order valence-corrected chi connectivity index (χ2v) is 32.2. The molecule has 0 aromatic heterocycles. The number of hydrogen-bond donors (Lipinski definition) is 0. The summed E-state index contributed by atoms with van der Waals surface area (Å²) in [5.41, 5.74) is 1.07. The highest BCUT2D eigenvalue weighted by Gasteiger charge is 2.60. The van der Waals surface area contributed by atoms with Crippen molar-refractivity contribution in [3.8, 4) is 0 Å². The molecule has 0 spiro atoms. The molecule has 2 aromatic carbocycles. The molecular formula is C61H88O16Si2. The van der Waals surface area contributed by atoms with Crippen molar-refractivity contribution in [3.63, 3.8) is 0 Å². The molecule has 79 heavy (non-hydrogen) atoms. The van der Waals surface area contributed by atoms with Crippen LogP contribution >= 0.6 is 0 Å². The van der Waals surface area contributed by atoms with Gasteiger partial charge >= 0.3 is 23.9 Å². The quantitative estimate of drug-likeness (QED) is 0.0270. The zero-order chi connectivity index (χ0) is 58.5. The van der Waals surface area contributed by atoms with Gasteiger partial charge in [-0.05, 0) is 89.2 Å². The van der Waals surface area contributed by atoms with E-state index in [9.17, 15) is 19.2 Å². The van der Waals surface area contributed by atoms with E-state index in [4.69, 9.17) is 51.8 Å². The summed E-state index contributed by atoms with van der Waals surface area (Å²) in [4.78, 5) is 68.6. The summed E-state index contributed by atoms with van der Waals surface area (Å²) in [6.45, 7) is 33.7. The van der Waals surface area contributed by atoms with E-state index < -0.39 is 137 Å². The van der Waals surface area contributed by atoms with Gasteiger partial charge in [-0.15, -0.1) is 13.2 Å². The summed E-state index contributed by atoms with van der Waals surface area (Å²) in [5, 5.41) is 1.39. The molecule has 3 fully saturated rings. The number of allylic oxidation sites excluding steroid dienone is 2. The van der Waals surface area contributed by atoms with E-state index in [1.54, 1.807) is 45.9 Å². The molecule has 0 bridgehead atoms. The van der Waals surface area contributed by atoms with Gasteiger partial charge in [0.2, 0.25) is 0 Å². The van der Waals surface area contributed by atoms with Crippen molar-refractivity contribution in [2.75, 3.05) is 6.61 Å². The van der Waals surface area contributed by atoms with Gasteiger partial charge in [-0.25, -0.2) is 9.59 Å². The Balaban J connectivity index is 1.69. The molecule has 3 saturated heterocycles. The average Bonchev–Trinajstić information content (AvgIpc) is 3.81. The summed E-state index contributed by atoms with van der Waals surface area (Å²) < 4.78 is 72.5. The summed E-state index contributed by atoms with van der Waals surface area (Å²) in [7, 11) is -5.63. The highest BCUT2D eigenvalue weighted by Crippen LogP contribution is 2.44. The third-order valence-electron chi connectivity index (χ3n) is 15.1. The molecule has 0 aliphatic carbocycles. The Morgan fingerprint density at radius 1 is 0.797 bits per heavy atom. The van der Waals surface area contributed by atoms with Crippen molar-refractivity contribution in [2.45, 2.75) is 225 Å². The van der Waals surface area contributed by atoms with E-state index in [1.165, 1.54) is 13.0 Å². The number of fused-ring (bicyclic) bond motifs is 1. The Morgan fingerprint density at radius 3 is 2.04 bits per heavy atom. The van der Waals surface area contributed by atoms with E-state index in [2.05, 4.69) is 53.9 Å². The summed E-state index contributed by atoms with van der Waals surface area (Å²) in [6.07, 6.45) is -4.27. The minimum Gasteiger partial charge on any atom is -0.463 e. The van der Waals surface area contributed by atoms with E-state index >= 15 is 4.79 Å². The molecule has 0 radical (unpaired) electrons. The molecule has 0 amide bonds. The number of hydrogen-bond acceptors (Lipinski definition) is 16. The molecule has 3 heterocycles. The third kappa shape index (κ3) is 17.6. The lowest BCUT2D eigenvalue weighted by Crippen LogP contribution is -2.67. The van der Waals surface area contributed by atoms with Gasteiger partial charge in [0.1, 0.15) is 45.2 Å². The van der Waals surface area contributed by atoms with Crippen LogP contribution in [0.4, 0.5) is 0 Å².